The zero-order valence-electron chi connectivity index (χ0n) is 18.7. The minimum Gasteiger partial charge on any atom is -0.497 e. The fourth-order valence-electron chi connectivity index (χ4n) is 3.96. The topological polar surface area (TPSA) is 75.7 Å². The molecule has 2 amide bonds. The largest absolute Gasteiger partial charge is 0.497 e. The zero-order chi connectivity index (χ0) is 22.8. The van der Waals surface area contributed by atoms with Crippen LogP contribution in [0, 0.1) is 0 Å². The van der Waals surface area contributed by atoms with E-state index in [1.807, 2.05) is 35.2 Å². The molecule has 3 rings (SSSR count). The Kier molecular flexibility index (Phi) is 8.84. The van der Waals surface area contributed by atoms with E-state index < -0.39 is 0 Å². The third kappa shape index (κ3) is 7.22. The van der Waals surface area contributed by atoms with Crippen LogP contribution in [-0.2, 0) is 16.0 Å². The van der Waals surface area contributed by atoms with Crippen LogP contribution in [0.4, 0.5) is 0 Å². The maximum Gasteiger partial charge on any atom is 0.222 e. The number of aryl methyl sites for hydroxylation is 1. The molecule has 0 radical (unpaired) electrons. The first kappa shape index (κ1) is 23.5. The number of carbonyl (C=O) groups is 3. The minimum absolute atomic E-state index is 0.0392. The highest BCUT2D eigenvalue weighted by Gasteiger charge is 2.23. The first-order chi connectivity index (χ1) is 15.5. The van der Waals surface area contributed by atoms with Gasteiger partial charge in [0.15, 0.2) is 5.78 Å². The van der Waals surface area contributed by atoms with Crippen LogP contribution in [0.3, 0.4) is 0 Å². The number of hydrogen-bond acceptors (Lipinski definition) is 4. The van der Waals surface area contributed by atoms with E-state index in [0.29, 0.717) is 50.1 Å². The van der Waals surface area contributed by atoms with Crippen LogP contribution in [0.1, 0.15) is 54.4 Å². The van der Waals surface area contributed by atoms with E-state index >= 15 is 0 Å². The van der Waals surface area contributed by atoms with Crippen molar-refractivity contribution in [2.75, 3.05) is 20.2 Å². The molecule has 0 bridgehead atoms. The van der Waals surface area contributed by atoms with Gasteiger partial charge in [0.05, 0.1) is 7.11 Å². The van der Waals surface area contributed by atoms with Crippen molar-refractivity contribution in [3.8, 4) is 5.75 Å². The van der Waals surface area contributed by atoms with E-state index in [-0.39, 0.29) is 23.6 Å². The zero-order valence-corrected chi connectivity index (χ0v) is 18.7. The van der Waals surface area contributed by atoms with Gasteiger partial charge in [0.2, 0.25) is 11.8 Å². The van der Waals surface area contributed by atoms with Crippen molar-refractivity contribution in [2.45, 2.75) is 51.0 Å². The standard InChI is InChI=1S/C26H32N2O4/c1-32-23-13-11-21(12-14-23)24(29)8-5-9-26(31)28-18-16-22(17-19-28)27-25(30)15-10-20-6-3-2-4-7-20/h2-4,6-7,11-14,22H,5,8-10,15-19H2,1H3,(H,27,30). The highest BCUT2D eigenvalue weighted by Crippen LogP contribution is 2.16. The summed E-state index contributed by atoms with van der Waals surface area (Å²) in [7, 11) is 1.59. The Balaban J connectivity index is 1.31. The fourth-order valence-corrected chi connectivity index (χ4v) is 3.96. The van der Waals surface area contributed by atoms with Crippen molar-refractivity contribution in [3.05, 3.63) is 65.7 Å². The number of likely N-dealkylation sites (tertiary alicyclic amines) is 1. The molecule has 0 aliphatic carbocycles. The van der Waals surface area contributed by atoms with Gasteiger partial charge in [-0.3, -0.25) is 14.4 Å². The van der Waals surface area contributed by atoms with Crippen molar-refractivity contribution in [2.24, 2.45) is 0 Å². The highest BCUT2D eigenvalue weighted by molar-refractivity contribution is 5.96. The Morgan fingerprint density at radius 1 is 0.938 bits per heavy atom. The normalized spacial score (nSPS) is 14.1. The van der Waals surface area contributed by atoms with Crippen LogP contribution in [0.2, 0.25) is 0 Å². The molecule has 1 N–H and O–H groups in total. The smallest absolute Gasteiger partial charge is 0.222 e. The van der Waals surface area contributed by atoms with Crippen molar-refractivity contribution in [1.82, 2.24) is 10.2 Å². The maximum atomic E-state index is 12.5. The molecule has 170 valence electrons. The highest BCUT2D eigenvalue weighted by atomic mass is 16.5. The number of nitrogens with zero attached hydrogens (tertiary/aromatic N) is 1. The number of ketones is 1. The van der Waals surface area contributed by atoms with Crippen molar-refractivity contribution < 1.29 is 19.1 Å². The van der Waals surface area contributed by atoms with Crippen LogP contribution in [-0.4, -0.2) is 48.7 Å². The Bertz CT molecular complexity index is 888. The first-order valence-corrected chi connectivity index (χ1v) is 11.3. The number of piperidine rings is 1. The molecule has 1 heterocycles. The van der Waals surface area contributed by atoms with Crippen LogP contribution >= 0.6 is 0 Å². The van der Waals surface area contributed by atoms with Crippen LogP contribution in [0.25, 0.3) is 0 Å². The Hall–Kier alpha value is -3.15. The number of nitrogens with one attached hydrogen (secondary N) is 1. The minimum atomic E-state index is 0.0392. The molecule has 1 fully saturated rings. The van der Waals surface area contributed by atoms with E-state index in [0.717, 1.165) is 24.8 Å². The molecule has 6 heteroatoms. The number of carbonyl (C=O) groups excluding carboxylic acids is 3. The summed E-state index contributed by atoms with van der Waals surface area (Å²) in [5.41, 5.74) is 1.80. The monoisotopic (exact) mass is 436 g/mol. The van der Waals surface area contributed by atoms with Gasteiger partial charge in [-0.2, -0.15) is 0 Å². The fraction of sp³-hybridized carbons (Fsp3) is 0.423. The third-order valence-corrected chi connectivity index (χ3v) is 5.90. The van der Waals surface area contributed by atoms with Gasteiger partial charge in [-0.05, 0) is 55.5 Å². The summed E-state index contributed by atoms with van der Waals surface area (Å²) in [6.07, 6.45) is 4.02. The number of methoxy groups -OCH3 is 1. The van der Waals surface area contributed by atoms with Crippen LogP contribution < -0.4 is 10.1 Å². The lowest BCUT2D eigenvalue weighted by Gasteiger charge is -2.32. The van der Waals surface area contributed by atoms with Gasteiger partial charge < -0.3 is 15.0 Å². The second-order valence-corrected chi connectivity index (χ2v) is 8.21. The van der Waals surface area contributed by atoms with E-state index in [9.17, 15) is 14.4 Å². The average molecular weight is 437 g/mol. The molecule has 0 atom stereocenters. The SMILES string of the molecule is COc1ccc(C(=O)CCCC(=O)N2CCC(NC(=O)CCc3ccccc3)CC2)cc1. The predicted molar refractivity (Wildman–Crippen MR) is 124 cm³/mol. The van der Waals surface area contributed by atoms with Gasteiger partial charge >= 0.3 is 0 Å². The molecular weight excluding hydrogens is 404 g/mol. The molecule has 2 aromatic carbocycles. The van der Waals surface area contributed by atoms with Crippen LogP contribution in [0.5, 0.6) is 5.75 Å². The molecule has 6 nitrogen and oxygen atoms in total. The lowest BCUT2D eigenvalue weighted by molar-refractivity contribution is -0.132. The number of hydrogen-bond donors (Lipinski definition) is 1. The Labute approximate surface area is 189 Å². The maximum absolute atomic E-state index is 12.5. The average Bonchev–Trinajstić information content (AvgIpc) is 2.83. The third-order valence-electron chi connectivity index (χ3n) is 5.90. The van der Waals surface area contributed by atoms with Crippen molar-refractivity contribution in [1.29, 1.82) is 0 Å². The molecule has 1 aliphatic heterocycles. The van der Waals surface area contributed by atoms with Gasteiger partial charge in [-0.1, -0.05) is 30.3 Å². The number of ether oxygens (including phenoxy) is 1. The Morgan fingerprint density at radius 3 is 2.28 bits per heavy atom. The number of Topliss-reactive ketones (excluding diaryl/α,β-unsaturated/α-hetero) is 1. The summed E-state index contributed by atoms with van der Waals surface area (Å²) >= 11 is 0. The molecular formula is C26H32N2O4. The molecule has 0 spiro atoms. The lowest BCUT2D eigenvalue weighted by Crippen LogP contribution is -2.46. The number of benzene rings is 2. The lowest BCUT2D eigenvalue weighted by atomic mass is 10.0. The summed E-state index contributed by atoms with van der Waals surface area (Å²) in [5, 5.41) is 3.10. The van der Waals surface area contributed by atoms with Crippen molar-refractivity contribution >= 4 is 17.6 Å². The molecule has 32 heavy (non-hydrogen) atoms. The molecule has 0 saturated carbocycles. The summed E-state index contributed by atoms with van der Waals surface area (Å²) in [6.45, 7) is 1.30. The summed E-state index contributed by atoms with van der Waals surface area (Å²) in [5.74, 6) is 0.905. The summed E-state index contributed by atoms with van der Waals surface area (Å²) in [4.78, 5) is 38.9. The molecule has 1 saturated heterocycles. The molecule has 0 aromatic heterocycles. The summed E-state index contributed by atoms with van der Waals surface area (Å²) < 4.78 is 5.10. The van der Waals surface area contributed by atoms with Gasteiger partial charge in [-0.15, -0.1) is 0 Å². The van der Waals surface area contributed by atoms with E-state index in [1.165, 1.54) is 0 Å². The van der Waals surface area contributed by atoms with E-state index in [2.05, 4.69) is 5.32 Å². The Morgan fingerprint density at radius 2 is 1.62 bits per heavy atom. The predicted octanol–water partition coefficient (Wildman–Crippen LogP) is 3.79. The quantitative estimate of drug-likeness (QED) is 0.575. The molecule has 0 unspecified atom stereocenters. The van der Waals surface area contributed by atoms with Gasteiger partial charge in [0, 0.05) is 44.0 Å². The van der Waals surface area contributed by atoms with Gasteiger partial charge in [-0.25, -0.2) is 0 Å². The van der Waals surface area contributed by atoms with E-state index in [1.54, 1.807) is 31.4 Å². The van der Waals surface area contributed by atoms with Gasteiger partial charge in [0.1, 0.15) is 5.75 Å². The van der Waals surface area contributed by atoms with Gasteiger partial charge in [0.25, 0.3) is 0 Å². The second kappa shape index (κ2) is 12.0. The number of amides is 2. The molecule has 2 aromatic rings. The van der Waals surface area contributed by atoms with E-state index in [4.69, 9.17) is 4.74 Å². The first-order valence-electron chi connectivity index (χ1n) is 11.3. The molecule has 1 aliphatic rings. The number of rotatable bonds is 10. The summed E-state index contributed by atoms with van der Waals surface area (Å²) in [6, 6.07) is 17.2. The second-order valence-electron chi connectivity index (χ2n) is 8.21. The van der Waals surface area contributed by atoms with Crippen molar-refractivity contribution in [3.63, 3.8) is 0 Å². The van der Waals surface area contributed by atoms with Crippen LogP contribution in [0.15, 0.2) is 54.6 Å².